The number of aromatic nitrogens is 1. The second-order valence-corrected chi connectivity index (χ2v) is 5.38. The van der Waals surface area contributed by atoms with Gasteiger partial charge >= 0.3 is 5.97 Å². The number of methoxy groups -OCH3 is 1. The highest BCUT2D eigenvalue weighted by Gasteiger charge is 2.23. The topological polar surface area (TPSA) is 57.7 Å². The van der Waals surface area contributed by atoms with Gasteiger partial charge in [-0.05, 0) is 12.1 Å². The van der Waals surface area contributed by atoms with E-state index in [1.165, 1.54) is 0 Å². The molecule has 1 fully saturated rings. The van der Waals surface area contributed by atoms with Gasteiger partial charge in [-0.3, -0.25) is 0 Å². The lowest BCUT2D eigenvalue weighted by atomic mass is 10.1. The molecule has 1 saturated heterocycles. The van der Waals surface area contributed by atoms with E-state index in [0.29, 0.717) is 19.6 Å². The molecule has 5 nitrogen and oxygen atoms in total. The van der Waals surface area contributed by atoms with Crippen molar-refractivity contribution in [3.05, 3.63) is 47.4 Å². The summed E-state index contributed by atoms with van der Waals surface area (Å²) in [7, 11) is 1.12. The molecule has 132 valence electrons. The highest BCUT2D eigenvalue weighted by atomic mass is 19.1. The molecule has 0 radical (unpaired) electrons. The quantitative estimate of drug-likeness (QED) is 0.791. The number of benzene rings is 1. The lowest BCUT2D eigenvalue weighted by molar-refractivity contribution is 0.0594. The second kappa shape index (κ2) is 7.10. The number of ether oxygens (including phenoxy) is 3. The zero-order chi connectivity index (χ0) is 18.0. The van der Waals surface area contributed by atoms with Gasteiger partial charge in [0.05, 0.1) is 25.9 Å². The molecule has 0 N–H and O–H groups in total. The van der Waals surface area contributed by atoms with Crippen molar-refractivity contribution < 1.29 is 32.2 Å². The van der Waals surface area contributed by atoms with Crippen LogP contribution in [0.4, 0.5) is 13.2 Å². The average molecular weight is 353 g/mol. The van der Waals surface area contributed by atoms with Crippen LogP contribution in [0.5, 0.6) is 5.75 Å². The predicted molar refractivity (Wildman–Crippen MR) is 80.7 cm³/mol. The summed E-state index contributed by atoms with van der Waals surface area (Å²) in [6.45, 7) is 0.853. The van der Waals surface area contributed by atoms with Crippen molar-refractivity contribution in [2.24, 2.45) is 0 Å². The summed E-state index contributed by atoms with van der Waals surface area (Å²) in [6, 6.07) is 3.86. The molecule has 0 unspecified atom stereocenters. The van der Waals surface area contributed by atoms with Gasteiger partial charge in [0, 0.05) is 18.6 Å². The maximum absolute atomic E-state index is 14.4. The fraction of sp³-hybridized carbons (Fsp3) is 0.294. The number of hydrogen-bond acceptors (Lipinski definition) is 5. The Labute approximate surface area is 141 Å². The highest BCUT2D eigenvalue weighted by Crippen LogP contribution is 2.31. The van der Waals surface area contributed by atoms with Crippen LogP contribution in [0.1, 0.15) is 16.9 Å². The number of pyridine rings is 1. The standard InChI is InChI=1S/C17H14F3NO4/c1-23-17(22)14-3-2-11(18)16(21-14)15-12(19)6-10(7-13(15)20)25-9-4-5-24-8-9/h2-3,6-7,9H,4-5,8H2,1H3/t9-/m1/s1. The van der Waals surface area contributed by atoms with Crippen LogP contribution in [0, 0.1) is 17.5 Å². The van der Waals surface area contributed by atoms with E-state index in [4.69, 9.17) is 9.47 Å². The lowest BCUT2D eigenvalue weighted by Crippen LogP contribution is -2.16. The molecule has 0 aliphatic carbocycles. The minimum absolute atomic E-state index is 0.0289. The number of halogens is 3. The Morgan fingerprint density at radius 3 is 2.52 bits per heavy atom. The molecular formula is C17H14F3NO4. The third-order valence-corrected chi connectivity index (χ3v) is 3.68. The first-order valence-electron chi connectivity index (χ1n) is 7.48. The smallest absolute Gasteiger partial charge is 0.356 e. The molecule has 8 heteroatoms. The number of nitrogens with zero attached hydrogens (tertiary/aromatic N) is 1. The van der Waals surface area contributed by atoms with Crippen molar-refractivity contribution in [1.82, 2.24) is 4.98 Å². The van der Waals surface area contributed by atoms with Crippen LogP contribution in [0.15, 0.2) is 24.3 Å². The summed E-state index contributed by atoms with van der Waals surface area (Å²) in [5.41, 5.74) is -1.56. The number of esters is 1. The summed E-state index contributed by atoms with van der Waals surface area (Å²) in [4.78, 5) is 15.2. The molecule has 0 bridgehead atoms. The summed E-state index contributed by atoms with van der Waals surface area (Å²) in [6.07, 6.45) is 0.324. The summed E-state index contributed by atoms with van der Waals surface area (Å²) >= 11 is 0. The number of rotatable bonds is 4. The Bertz CT molecular complexity index is 783. The molecule has 2 heterocycles. The van der Waals surface area contributed by atoms with Gasteiger partial charge in [-0.1, -0.05) is 0 Å². The third kappa shape index (κ3) is 3.58. The van der Waals surface area contributed by atoms with E-state index in [0.717, 1.165) is 31.4 Å². The van der Waals surface area contributed by atoms with Crippen molar-refractivity contribution >= 4 is 5.97 Å². The molecule has 0 spiro atoms. The molecule has 2 aromatic rings. The van der Waals surface area contributed by atoms with Crippen LogP contribution in [-0.4, -0.2) is 37.4 Å². The Kier molecular flexibility index (Phi) is 4.89. The first-order valence-corrected chi connectivity index (χ1v) is 7.48. The molecule has 25 heavy (non-hydrogen) atoms. The summed E-state index contributed by atoms with van der Waals surface area (Å²) in [5.74, 6) is -3.95. The zero-order valence-electron chi connectivity index (χ0n) is 13.2. The fourth-order valence-corrected chi connectivity index (χ4v) is 2.48. The van der Waals surface area contributed by atoms with E-state index in [2.05, 4.69) is 9.72 Å². The molecule has 0 saturated carbocycles. The van der Waals surface area contributed by atoms with Crippen molar-refractivity contribution in [1.29, 1.82) is 0 Å². The van der Waals surface area contributed by atoms with E-state index >= 15 is 0 Å². The van der Waals surface area contributed by atoms with Gasteiger partial charge in [-0.2, -0.15) is 0 Å². The number of carbonyl (C=O) groups excluding carboxylic acids is 1. The SMILES string of the molecule is COC(=O)c1ccc(F)c(-c2c(F)cc(O[C@@H]3CCOC3)cc2F)n1. The van der Waals surface area contributed by atoms with Crippen molar-refractivity contribution in [3.63, 3.8) is 0 Å². The number of carbonyl (C=O) groups is 1. The Balaban J connectivity index is 1.98. The van der Waals surface area contributed by atoms with Gasteiger partial charge < -0.3 is 14.2 Å². The summed E-state index contributed by atoms with van der Waals surface area (Å²) in [5, 5.41) is 0. The van der Waals surface area contributed by atoms with Crippen LogP contribution < -0.4 is 4.74 Å². The minimum Gasteiger partial charge on any atom is -0.488 e. The Hall–Kier alpha value is -2.61. The minimum atomic E-state index is -1.05. The molecule has 0 amide bonds. The average Bonchev–Trinajstić information content (AvgIpc) is 3.08. The van der Waals surface area contributed by atoms with E-state index in [-0.39, 0.29) is 17.5 Å². The van der Waals surface area contributed by atoms with E-state index in [1.54, 1.807) is 0 Å². The van der Waals surface area contributed by atoms with Crippen LogP contribution in [0.3, 0.4) is 0 Å². The van der Waals surface area contributed by atoms with Gasteiger partial charge in [-0.25, -0.2) is 22.9 Å². The first-order chi connectivity index (χ1) is 12.0. The summed E-state index contributed by atoms with van der Waals surface area (Å²) < 4.78 is 57.8. The third-order valence-electron chi connectivity index (χ3n) is 3.68. The monoisotopic (exact) mass is 353 g/mol. The van der Waals surface area contributed by atoms with Gasteiger partial charge in [0.2, 0.25) is 0 Å². The van der Waals surface area contributed by atoms with Crippen LogP contribution in [0.25, 0.3) is 11.3 Å². The van der Waals surface area contributed by atoms with E-state index in [9.17, 15) is 18.0 Å². The molecule has 1 aromatic heterocycles. The number of hydrogen-bond donors (Lipinski definition) is 0. The normalized spacial score (nSPS) is 16.7. The molecule has 3 rings (SSSR count). The van der Waals surface area contributed by atoms with Crippen LogP contribution in [-0.2, 0) is 9.47 Å². The van der Waals surface area contributed by atoms with Gasteiger partial charge in [0.1, 0.15) is 40.7 Å². The fourth-order valence-electron chi connectivity index (χ4n) is 2.48. The van der Waals surface area contributed by atoms with Crippen molar-refractivity contribution in [2.75, 3.05) is 20.3 Å². The van der Waals surface area contributed by atoms with E-state index < -0.39 is 34.7 Å². The van der Waals surface area contributed by atoms with Gasteiger partial charge in [-0.15, -0.1) is 0 Å². The van der Waals surface area contributed by atoms with Crippen molar-refractivity contribution in [3.8, 4) is 17.0 Å². The second-order valence-electron chi connectivity index (χ2n) is 5.38. The molecule has 1 aromatic carbocycles. The Morgan fingerprint density at radius 1 is 1.20 bits per heavy atom. The maximum atomic E-state index is 14.4. The molecule has 1 aliphatic heterocycles. The van der Waals surface area contributed by atoms with Gasteiger partial charge in [0.25, 0.3) is 0 Å². The zero-order valence-corrected chi connectivity index (χ0v) is 13.2. The molecule has 1 atom stereocenters. The maximum Gasteiger partial charge on any atom is 0.356 e. The van der Waals surface area contributed by atoms with Crippen molar-refractivity contribution in [2.45, 2.75) is 12.5 Å². The predicted octanol–water partition coefficient (Wildman–Crippen LogP) is 3.12. The molecular weight excluding hydrogens is 339 g/mol. The highest BCUT2D eigenvalue weighted by molar-refractivity contribution is 5.87. The lowest BCUT2D eigenvalue weighted by Gasteiger charge is -2.14. The molecule has 1 aliphatic rings. The van der Waals surface area contributed by atoms with Crippen LogP contribution in [0.2, 0.25) is 0 Å². The van der Waals surface area contributed by atoms with Crippen LogP contribution >= 0.6 is 0 Å². The first kappa shape index (κ1) is 17.2. The Morgan fingerprint density at radius 2 is 1.92 bits per heavy atom. The van der Waals surface area contributed by atoms with E-state index in [1.807, 2.05) is 0 Å². The van der Waals surface area contributed by atoms with Gasteiger partial charge in [0.15, 0.2) is 0 Å². The largest absolute Gasteiger partial charge is 0.488 e.